The van der Waals surface area contributed by atoms with Crippen molar-refractivity contribution in [2.45, 2.75) is 179 Å². The molecule has 4 atom stereocenters. The fourth-order valence-corrected chi connectivity index (χ4v) is 41.6. The van der Waals surface area contributed by atoms with Crippen LogP contribution >= 0.6 is 46.4 Å². The van der Waals surface area contributed by atoms with Gasteiger partial charge >= 0.3 is 557 Å². The zero-order valence-corrected chi connectivity index (χ0v) is 64.3. The average molecular weight is 1400 g/mol. The fraction of sp³-hybridized carbons (Fsp3) is 0.474. The van der Waals surface area contributed by atoms with Crippen molar-refractivity contribution in [3.8, 4) is 23.0 Å². The summed E-state index contributed by atoms with van der Waals surface area (Å²) in [6, 6.07) is 31.2. The van der Waals surface area contributed by atoms with Crippen molar-refractivity contribution >= 4 is 46.4 Å². The van der Waals surface area contributed by atoms with Crippen LogP contribution in [0, 0.1) is 43.3 Å². The molecule has 86 heavy (non-hydrogen) atoms. The molecule has 4 aliphatic rings. The second kappa shape index (κ2) is 24.2. The molecule has 4 unspecified atom stereocenters. The molecule has 0 saturated carbocycles. The van der Waals surface area contributed by atoms with Gasteiger partial charge in [-0.3, -0.25) is 0 Å². The van der Waals surface area contributed by atoms with E-state index < -0.39 is 54.8 Å². The first-order chi connectivity index (χ1) is 39.2. The summed E-state index contributed by atoms with van der Waals surface area (Å²) in [7, 11) is 0. The fourth-order valence-electron chi connectivity index (χ4n) is 12.9. The number of halogens is 4. The topological polar surface area (TPSA) is 36.9 Å². The van der Waals surface area contributed by atoms with E-state index >= 15 is 0 Å². The van der Waals surface area contributed by atoms with Crippen molar-refractivity contribution < 1.29 is 53.5 Å². The van der Waals surface area contributed by atoms with E-state index in [-0.39, 0.29) is 43.3 Å². The van der Waals surface area contributed by atoms with Crippen LogP contribution in [0.25, 0.3) is 0 Å². The molecule has 4 nitrogen and oxygen atoms in total. The van der Waals surface area contributed by atoms with Crippen LogP contribution in [0.2, 0.25) is 32.6 Å². The first-order valence-electron chi connectivity index (χ1n) is 30.6. The van der Waals surface area contributed by atoms with E-state index in [1.807, 2.05) is 97.1 Å². The van der Waals surface area contributed by atoms with Gasteiger partial charge in [0.05, 0.1) is 0 Å². The molecular formula is C76H100Cl4O4Zr2. The van der Waals surface area contributed by atoms with Gasteiger partial charge in [0, 0.05) is 0 Å². The van der Waals surface area contributed by atoms with Gasteiger partial charge in [0.1, 0.15) is 0 Å². The minimum absolute atomic E-state index is 0.0555. The van der Waals surface area contributed by atoms with E-state index in [1.165, 1.54) is 22.3 Å². The van der Waals surface area contributed by atoms with Crippen LogP contribution in [0.3, 0.4) is 0 Å². The summed E-state index contributed by atoms with van der Waals surface area (Å²) < 4.78 is 28.7. The van der Waals surface area contributed by atoms with Crippen LogP contribution < -0.4 is 11.3 Å². The van der Waals surface area contributed by atoms with Crippen LogP contribution in [0.15, 0.2) is 192 Å². The standard InChI is InChI=1S/4C13H21.4C6H5ClO.2Zr/c4*1-12(2,3)10-7-8-11(9-10)13(4,5)6;2*7-5-2-1-3-6(8)4-5;2*7-5-3-1-2-4-6(5)8;;/h4*7-9H,1-6H3;4*1-4,8H;;/q;;;;;;;;2*+2/p-4. The molecule has 0 radical (unpaired) electrons. The first kappa shape index (κ1) is 70.4. The van der Waals surface area contributed by atoms with E-state index in [4.69, 9.17) is 57.7 Å². The van der Waals surface area contributed by atoms with Gasteiger partial charge in [-0.05, 0) is 0 Å². The summed E-state index contributed by atoms with van der Waals surface area (Å²) in [5.41, 5.74) is 3.77. The summed E-state index contributed by atoms with van der Waals surface area (Å²) in [5, 5.41) is 2.42. The molecule has 0 aromatic heterocycles. The summed E-state index contributed by atoms with van der Waals surface area (Å²) in [4.78, 5) is 0. The molecule has 8 rings (SSSR count). The third kappa shape index (κ3) is 13.1. The number of para-hydroxylation sites is 2. The van der Waals surface area contributed by atoms with Crippen molar-refractivity contribution in [3.05, 3.63) is 212 Å². The van der Waals surface area contributed by atoms with Crippen LogP contribution in [0.1, 0.15) is 166 Å². The Kier molecular flexibility index (Phi) is 19.8. The summed E-state index contributed by atoms with van der Waals surface area (Å²) in [6.45, 7) is 55.2. The molecule has 4 aromatic rings. The minimum atomic E-state index is -5.01. The Balaban J connectivity index is 0.000000246. The molecule has 0 aliphatic heterocycles. The van der Waals surface area contributed by atoms with Crippen LogP contribution in [-0.4, -0.2) is 0 Å². The quantitative estimate of drug-likeness (QED) is 0.142. The van der Waals surface area contributed by atoms with Crippen molar-refractivity contribution in [2.75, 3.05) is 0 Å². The molecule has 0 spiro atoms. The van der Waals surface area contributed by atoms with Gasteiger partial charge in [-0.25, -0.2) is 0 Å². The molecule has 0 N–H and O–H groups in total. The predicted molar refractivity (Wildman–Crippen MR) is 364 cm³/mol. The molecule has 0 saturated heterocycles. The Morgan fingerprint density at radius 1 is 0.302 bits per heavy atom. The monoisotopic (exact) mass is 1400 g/mol. The zero-order chi connectivity index (χ0) is 64.6. The Hall–Kier alpha value is -3.07. The van der Waals surface area contributed by atoms with Gasteiger partial charge in [0.2, 0.25) is 0 Å². The molecule has 0 heterocycles. The summed E-state index contributed by atoms with van der Waals surface area (Å²) in [5.74, 6) is 2.76. The van der Waals surface area contributed by atoms with Crippen LogP contribution in [0.5, 0.6) is 23.0 Å². The third-order valence-electron chi connectivity index (χ3n) is 18.5. The number of hydrogen-bond acceptors (Lipinski definition) is 4. The normalized spacial score (nSPS) is 22.9. The maximum absolute atomic E-state index is 7.75. The van der Waals surface area contributed by atoms with E-state index in [9.17, 15) is 0 Å². The number of rotatable bonds is 12. The number of hydrogen-bond donors (Lipinski definition) is 0. The number of allylic oxidation sites excluding steroid dienone is 16. The molecule has 0 bridgehead atoms. The summed E-state index contributed by atoms with van der Waals surface area (Å²) >= 11 is 17.2. The van der Waals surface area contributed by atoms with Crippen LogP contribution in [0.4, 0.5) is 0 Å². The number of benzene rings is 4. The van der Waals surface area contributed by atoms with Crippen molar-refractivity contribution in [1.29, 1.82) is 0 Å². The molecule has 10 heteroatoms. The average Bonchev–Trinajstić information content (AvgIpc) is 1.01. The first-order valence-corrected chi connectivity index (χ1v) is 41.1. The second-order valence-corrected chi connectivity index (χ2v) is 50.5. The van der Waals surface area contributed by atoms with E-state index in [0.29, 0.717) is 31.6 Å². The Morgan fingerprint density at radius 2 is 0.547 bits per heavy atom. The van der Waals surface area contributed by atoms with E-state index in [2.05, 4.69) is 239 Å². The molecular weight excluding hydrogens is 1300 g/mol. The molecule has 4 aromatic carbocycles. The molecule has 0 amide bonds. The van der Waals surface area contributed by atoms with Crippen LogP contribution in [-0.2, 0) is 42.3 Å². The summed E-state index contributed by atoms with van der Waals surface area (Å²) in [6.07, 6.45) is 28.9. The SMILES string of the molecule is CC(C)(C)C1=C[C](C(C)(C)C)([Zr]([O]c2cccc(Cl)c2)([O]c2cccc(Cl)c2)[C]2(C(C)(C)C)C=CC(C(C)(C)C)=C2)C=C1.CC(C)(C)C1=C[C](C(C)(C)C)([Zr]([O]c2ccccc2Cl)([O]c2ccccc2Cl)[C]2(C(C)(C)C)C=CC(C(C)(C)C)=C2)C=C1. The second-order valence-electron chi connectivity index (χ2n) is 32.6. The van der Waals surface area contributed by atoms with Crippen molar-refractivity contribution in [1.82, 2.24) is 0 Å². The van der Waals surface area contributed by atoms with Gasteiger partial charge in [-0.2, -0.15) is 0 Å². The molecule has 4 aliphatic carbocycles. The Labute approximate surface area is 552 Å². The zero-order valence-electron chi connectivity index (χ0n) is 56.3. The Bertz CT molecular complexity index is 3200. The van der Waals surface area contributed by atoms with Gasteiger partial charge in [0.25, 0.3) is 0 Å². The van der Waals surface area contributed by atoms with Gasteiger partial charge in [0.15, 0.2) is 0 Å². The van der Waals surface area contributed by atoms with Gasteiger partial charge in [-0.1, -0.05) is 0 Å². The van der Waals surface area contributed by atoms with Crippen molar-refractivity contribution in [3.63, 3.8) is 0 Å². The van der Waals surface area contributed by atoms with E-state index in [0.717, 1.165) is 11.5 Å². The predicted octanol–water partition coefficient (Wildman–Crippen LogP) is 25.9. The van der Waals surface area contributed by atoms with Gasteiger partial charge in [-0.15, -0.1) is 0 Å². The molecule has 0 fully saturated rings. The maximum atomic E-state index is 7.75. The van der Waals surface area contributed by atoms with Gasteiger partial charge < -0.3 is 0 Å². The van der Waals surface area contributed by atoms with Crippen molar-refractivity contribution in [2.24, 2.45) is 43.3 Å². The molecule has 464 valence electrons. The Morgan fingerprint density at radius 3 is 0.756 bits per heavy atom. The van der Waals surface area contributed by atoms with E-state index in [1.54, 1.807) is 0 Å². The third-order valence-corrected chi connectivity index (χ3v) is 45.8.